The maximum atomic E-state index is 14.0. The van der Waals surface area contributed by atoms with Crippen molar-refractivity contribution in [2.45, 2.75) is 11.8 Å². The van der Waals surface area contributed by atoms with E-state index in [1.165, 1.54) is 12.1 Å². The first kappa shape index (κ1) is 15.8. The van der Waals surface area contributed by atoms with Gasteiger partial charge in [0.25, 0.3) is 10.0 Å². The van der Waals surface area contributed by atoms with Crippen LogP contribution in [0.5, 0.6) is 0 Å². The fourth-order valence-electron chi connectivity index (χ4n) is 1.99. The molecular formula is C14H14BrFN2O2S. The molecule has 0 aliphatic carbocycles. The van der Waals surface area contributed by atoms with Crippen molar-refractivity contribution in [3.05, 3.63) is 52.8 Å². The summed E-state index contributed by atoms with van der Waals surface area (Å²) in [7, 11) is -4.02. The van der Waals surface area contributed by atoms with Gasteiger partial charge in [0.2, 0.25) is 0 Å². The Hall–Kier alpha value is -1.60. The molecule has 2 aromatic rings. The monoisotopic (exact) mass is 372 g/mol. The van der Waals surface area contributed by atoms with Crippen molar-refractivity contribution in [3.8, 4) is 0 Å². The van der Waals surface area contributed by atoms with E-state index in [0.717, 1.165) is 10.4 Å². The Kier molecular flexibility index (Phi) is 4.53. The minimum absolute atomic E-state index is 0.145. The van der Waals surface area contributed by atoms with Crippen LogP contribution in [0.15, 0.2) is 51.8 Å². The normalized spacial score (nSPS) is 11.4. The molecule has 0 radical (unpaired) electrons. The van der Waals surface area contributed by atoms with Crippen LogP contribution >= 0.6 is 15.9 Å². The van der Waals surface area contributed by atoms with E-state index in [0.29, 0.717) is 15.8 Å². The summed E-state index contributed by atoms with van der Waals surface area (Å²) in [4.78, 5) is -0.379. The van der Waals surface area contributed by atoms with Crippen LogP contribution in [0.25, 0.3) is 0 Å². The molecule has 0 heterocycles. The molecule has 7 heteroatoms. The van der Waals surface area contributed by atoms with Gasteiger partial charge in [-0.25, -0.2) is 12.8 Å². The van der Waals surface area contributed by atoms with Crippen molar-refractivity contribution >= 4 is 37.3 Å². The van der Waals surface area contributed by atoms with E-state index in [-0.39, 0.29) is 11.4 Å². The van der Waals surface area contributed by atoms with Gasteiger partial charge >= 0.3 is 0 Å². The Bertz CT molecular complexity index is 765. The van der Waals surface area contributed by atoms with E-state index >= 15 is 0 Å². The van der Waals surface area contributed by atoms with Crippen molar-refractivity contribution in [1.82, 2.24) is 0 Å². The molecule has 0 aromatic heterocycles. The second-order valence-corrected chi connectivity index (χ2v) is 7.05. The molecular weight excluding hydrogens is 359 g/mol. The number of para-hydroxylation sites is 2. The van der Waals surface area contributed by atoms with Crippen LogP contribution in [0.1, 0.15) is 6.92 Å². The van der Waals surface area contributed by atoms with Crippen LogP contribution < -0.4 is 10.0 Å². The van der Waals surface area contributed by atoms with Crippen molar-refractivity contribution in [1.29, 1.82) is 0 Å². The summed E-state index contributed by atoms with van der Waals surface area (Å²) >= 11 is 3.11. The van der Waals surface area contributed by atoms with Gasteiger partial charge in [-0.05, 0) is 37.3 Å². The molecule has 21 heavy (non-hydrogen) atoms. The minimum atomic E-state index is -4.02. The molecule has 0 fully saturated rings. The molecule has 0 unspecified atom stereocenters. The number of sulfonamides is 1. The maximum absolute atomic E-state index is 14.0. The summed E-state index contributed by atoms with van der Waals surface area (Å²) in [6.07, 6.45) is 0. The maximum Gasteiger partial charge on any atom is 0.267 e. The Morgan fingerprint density at radius 1 is 1.24 bits per heavy atom. The third-order valence-electron chi connectivity index (χ3n) is 2.95. The smallest absolute Gasteiger partial charge is 0.267 e. The highest BCUT2D eigenvalue weighted by atomic mass is 79.9. The topological polar surface area (TPSA) is 63.4 Å². The van der Waals surface area contributed by atoms with Gasteiger partial charge in [0.05, 0.1) is 11.4 Å². The van der Waals surface area contributed by atoms with Crippen LogP contribution in [0.3, 0.4) is 0 Å². The lowest BCUT2D eigenvalue weighted by Crippen LogP contribution is -2.32. The van der Waals surface area contributed by atoms with E-state index < -0.39 is 15.8 Å². The summed E-state index contributed by atoms with van der Waals surface area (Å²) in [5.41, 5.74) is 6.48. The van der Waals surface area contributed by atoms with Gasteiger partial charge < -0.3 is 5.73 Å². The SMILES string of the molecule is CCN(c1ccccc1N)S(=O)(=O)c1ccc(Br)cc1F. The molecule has 4 nitrogen and oxygen atoms in total. The van der Waals surface area contributed by atoms with Crippen LogP contribution in [0.2, 0.25) is 0 Å². The zero-order chi connectivity index (χ0) is 15.6. The molecule has 0 aliphatic rings. The lowest BCUT2D eigenvalue weighted by atomic mass is 10.3. The first-order valence-electron chi connectivity index (χ1n) is 6.20. The molecule has 0 atom stereocenters. The van der Waals surface area contributed by atoms with Crippen molar-refractivity contribution in [2.24, 2.45) is 0 Å². The Morgan fingerprint density at radius 2 is 1.90 bits per heavy atom. The van der Waals surface area contributed by atoms with Crippen molar-refractivity contribution in [3.63, 3.8) is 0 Å². The van der Waals surface area contributed by atoms with E-state index in [4.69, 9.17) is 5.73 Å². The van der Waals surface area contributed by atoms with E-state index in [9.17, 15) is 12.8 Å². The second-order valence-electron chi connectivity index (χ2n) is 4.30. The highest BCUT2D eigenvalue weighted by Crippen LogP contribution is 2.30. The van der Waals surface area contributed by atoms with Crippen LogP contribution in [0, 0.1) is 5.82 Å². The molecule has 0 spiro atoms. The zero-order valence-electron chi connectivity index (χ0n) is 11.3. The van der Waals surface area contributed by atoms with Crippen LogP contribution in [0.4, 0.5) is 15.8 Å². The third-order valence-corrected chi connectivity index (χ3v) is 5.37. The highest BCUT2D eigenvalue weighted by Gasteiger charge is 2.27. The lowest BCUT2D eigenvalue weighted by molar-refractivity contribution is 0.564. The van der Waals surface area contributed by atoms with Gasteiger partial charge in [0, 0.05) is 11.0 Å². The molecule has 0 saturated heterocycles. The minimum Gasteiger partial charge on any atom is -0.397 e. The summed E-state index contributed by atoms with van der Waals surface area (Å²) in [5.74, 6) is -0.808. The molecule has 0 aliphatic heterocycles. The number of nitrogen functional groups attached to an aromatic ring is 1. The lowest BCUT2D eigenvalue weighted by Gasteiger charge is -2.24. The molecule has 0 amide bonds. The second kappa shape index (κ2) is 6.03. The fourth-order valence-corrected chi connectivity index (χ4v) is 3.87. The van der Waals surface area contributed by atoms with E-state index in [2.05, 4.69) is 15.9 Å². The molecule has 2 rings (SSSR count). The first-order chi connectivity index (χ1) is 9.87. The van der Waals surface area contributed by atoms with Crippen LogP contribution in [-0.4, -0.2) is 15.0 Å². The number of anilines is 2. The molecule has 0 bridgehead atoms. The molecule has 112 valence electrons. The first-order valence-corrected chi connectivity index (χ1v) is 8.43. The predicted molar refractivity (Wildman–Crippen MR) is 85.2 cm³/mol. The molecule has 2 aromatic carbocycles. The largest absolute Gasteiger partial charge is 0.397 e. The average Bonchev–Trinajstić information content (AvgIpc) is 2.41. The number of halogens is 2. The summed E-state index contributed by atoms with van der Waals surface area (Å²) in [6.45, 7) is 1.81. The number of nitrogens with zero attached hydrogens (tertiary/aromatic N) is 1. The number of hydrogen-bond acceptors (Lipinski definition) is 3. The van der Waals surface area contributed by atoms with Crippen LogP contribution in [-0.2, 0) is 10.0 Å². The Morgan fingerprint density at radius 3 is 2.48 bits per heavy atom. The highest BCUT2D eigenvalue weighted by molar-refractivity contribution is 9.10. The number of nitrogens with two attached hydrogens (primary N) is 1. The predicted octanol–water partition coefficient (Wildman–Crippen LogP) is 3.39. The van der Waals surface area contributed by atoms with Gasteiger partial charge in [-0.1, -0.05) is 28.1 Å². The van der Waals surface area contributed by atoms with E-state index in [1.807, 2.05) is 0 Å². The van der Waals surface area contributed by atoms with Gasteiger partial charge in [-0.2, -0.15) is 0 Å². The van der Waals surface area contributed by atoms with E-state index in [1.54, 1.807) is 31.2 Å². The quantitative estimate of drug-likeness (QED) is 0.836. The van der Waals surface area contributed by atoms with Gasteiger partial charge in [0.15, 0.2) is 0 Å². The van der Waals surface area contributed by atoms with Crippen molar-refractivity contribution in [2.75, 3.05) is 16.6 Å². The number of rotatable bonds is 4. The average molecular weight is 373 g/mol. The number of benzene rings is 2. The van der Waals surface area contributed by atoms with Gasteiger partial charge in [0.1, 0.15) is 10.7 Å². The third kappa shape index (κ3) is 3.03. The standard InChI is InChI=1S/C14H14BrFN2O2S/c1-2-18(13-6-4-3-5-12(13)17)21(19,20)14-8-7-10(15)9-11(14)16/h3-9H,2,17H2,1H3. The van der Waals surface area contributed by atoms with Gasteiger partial charge in [-0.15, -0.1) is 0 Å². The zero-order valence-corrected chi connectivity index (χ0v) is 13.7. The molecule has 2 N–H and O–H groups in total. The number of hydrogen-bond donors (Lipinski definition) is 1. The molecule has 0 saturated carbocycles. The van der Waals surface area contributed by atoms with Crippen molar-refractivity contribution < 1.29 is 12.8 Å². The fraction of sp³-hybridized carbons (Fsp3) is 0.143. The summed E-state index contributed by atoms with van der Waals surface area (Å²) < 4.78 is 40.9. The Balaban J connectivity index is 2.58. The summed E-state index contributed by atoms with van der Waals surface area (Å²) in [5, 5.41) is 0. The Labute approximate surface area is 131 Å². The van der Waals surface area contributed by atoms with Gasteiger partial charge in [-0.3, -0.25) is 4.31 Å². The summed E-state index contributed by atoms with van der Waals surface area (Å²) in [6, 6.07) is 10.4.